The van der Waals surface area contributed by atoms with Gasteiger partial charge in [-0.2, -0.15) is 0 Å². The number of halogens is 1. The number of carbonyl (C=O) groups excluding carboxylic acids is 1. The van der Waals surface area contributed by atoms with E-state index in [1.54, 1.807) is 0 Å². The van der Waals surface area contributed by atoms with E-state index in [4.69, 9.17) is 9.72 Å². The Labute approximate surface area is 208 Å². The van der Waals surface area contributed by atoms with Crippen molar-refractivity contribution in [2.75, 3.05) is 18.1 Å². The second-order valence-electron chi connectivity index (χ2n) is 8.70. The van der Waals surface area contributed by atoms with Gasteiger partial charge in [-0.1, -0.05) is 53.2 Å². The second kappa shape index (κ2) is 10.0. The number of carbonyl (C=O) groups is 1. The first kappa shape index (κ1) is 22.7. The van der Waals surface area contributed by atoms with Crippen LogP contribution < -0.4 is 9.64 Å². The molecule has 0 N–H and O–H groups in total. The Hall–Kier alpha value is -3.12. The van der Waals surface area contributed by atoms with E-state index in [-0.39, 0.29) is 11.8 Å². The standard InChI is InChI=1S/C28H28BrN3O2/c1-2-20-11-13-24(14-12-20)34-16-6-15-31-26-10-4-3-9-25(26)30-28(31)21-17-27(33)32(19-21)23-8-5-7-22(29)18-23/h3-5,7-14,18,21H,2,6,15-17,19H2,1H3. The molecule has 0 radical (unpaired) electrons. The number of imidazole rings is 1. The highest BCUT2D eigenvalue weighted by Crippen LogP contribution is 2.34. The number of nitrogens with zero attached hydrogens (tertiary/aromatic N) is 3. The largest absolute Gasteiger partial charge is 0.494 e. The third-order valence-corrected chi connectivity index (χ3v) is 6.91. The molecule has 0 aliphatic carbocycles. The molecule has 1 aromatic heterocycles. The van der Waals surface area contributed by atoms with Crippen molar-refractivity contribution < 1.29 is 9.53 Å². The van der Waals surface area contributed by atoms with Gasteiger partial charge in [0, 0.05) is 35.6 Å². The van der Waals surface area contributed by atoms with E-state index in [0.29, 0.717) is 19.6 Å². The zero-order chi connectivity index (χ0) is 23.5. The highest BCUT2D eigenvalue weighted by atomic mass is 79.9. The molecule has 1 unspecified atom stereocenters. The van der Waals surface area contributed by atoms with Gasteiger partial charge in [-0.15, -0.1) is 0 Å². The summed E-state index contributed by atoms with van der Waals surface area (Å²) in [6, 6.07) is 24.4. The number of benzene rings is 3. The number of fused-ring (bicyclic) bond motifs is 1. The molecule has 0 bridgehead atoms. The summed E-state index contributed by atoms with van der Waals surface area (Å²) in [6.45, 7) is 4.22. The third-order valence-electron chi connectivity index (χ3n) is 6.42. The molecular formula is C28H28BrN3O2. The molecular weight excluding hydrogens is 490 g/mol. The first-order valence-electron chi connectivity index (χ1n) is 11.8. The van der Waals surface area contributed by atoms with Gasteiger partial charge in [0.25, 0.3) is 0 Å². The maximum Gasteiger partial charge on any atom is 0.227 e. The maximum absolute atomic E-state index is 12.9. The van der Waals surface area contributed by atoms with E-state index in [2.05, 4.69) is 45.6 Å². The summed E-state index contributed by atoms with van der Waals surface area (Å²) >= 11 is 3.52. The Morgan fingerprint density at radius 3 is 2.68 bits per heavy atom. The number of amides is 1. The molecule has 1 aliphatic rings. The topological polar surface area (TPSA) is 47.4 Å². The fourth-order valence-electron chi connectivity index (χ4n) is 4.65. The van der Waals surface area contributed by atoms with Crippen LogP contribution in [0.3, 0.4) is 0 Å². The van der Waals surface area contributed by atoms with E-state index >= 15 is 0 Å². The number of hydrogen-bond donors (Lipinski definition) is 0. The Morgan fingerprint density at radius 2 is 1.88 bits per heavy atom. The maximum atomic E-state index is 12.9. The normalized spacial score (nSPS) is 15.9. The molecule has 1 amide bonds. The van der Waals surface area contributed by atoms with Crippen LogP contribution in [0.25, 0.3) is 11.0 Å². The van der Waals surface area contributed by atoms with Gasteiger partial charge >= 0.3 is 0 Å². The molecule has 174 valence electrons. The first-order chi connectivity index (χ1) is 16.6. The van der Waals surface area contributed by atoms with Crippen molar-refractivity contribution in [3.05, 3.63) is 88.7 Å². The zero-order valence-corrected chi connectivity index (χ0v) is 20.9. The average molecular weight is 518 g/mol. The molecule has 0 spiro atoms. The van der Waals surface area contributed by atoms with Gasteiger partial charge in [0.1, 0.15) is 11.6 Å². The number of anilines is 1. The summed E-state index contributed by atoms with van der Waals surface area (Å²) in [4.78, 5) is 19.8. The van der Waals surface area contributed by atoms with E-state index in [0.717, 1.165) is 52.2 Å². The van der Waals surface area contributed by atoms with E-state index in [9.17, 15) is 4.79 Å². The van der Waals surface area contributed by atoms with Crippen molar-refractivity contribution in [1.82, 2.24) is 9.55 Å². The summed E-state index contributed by atoms with van der Waals surface area (Å²) in [6.07, 6.45) is 2.36. The van der Waals surface area contributed by atoms with Gasteiger partial charge in [0.05, 0.1) is 17.6 Å². The first-order valence-corrected chi connectivity index (χ1v) is 12.6. The molecule has 1 atom stereocenters. The molecule has 3 aromatic carbocycles. The minimum atomic E-state index is 0.0568. The van der Waals surface area contributed by atoms with Crippen molar-refractivity contribution in [1.29, 1.82) is 0 Å². The fourth-order valence-corrected chi connectivity index (χ4v) is 5.04. The third kappa shape index (κ3) is 4.73. The van der Waals surface area contributed by atoms with Crippen molar-refractivity contribution in [3.8, 4) is 5.75 Å². The summed E-state index contributed by atoms with van der Waals surface area (Å²) in [7, 11) is 0. The predicted molar refractivity (Wildman–Crippen MR) is 140 cm³/mol. The Morgan fingerprint density at radius 1 is 1.06 bits per heavy atom. The van der Waals surface area contributed by atoms with Crippen LogP contribution in [0, 0.1) is 0 Å². The highest BCUT2D eigenvalue weighted by Gasteiger charge is 2.34. The van der Waals surface area contributed by atoms with Gasteiger partial charge in [0.2, 0.25) is 5.91 Å². The van der Waals surface area contributed by atoms with Crippen LogP contribution in [0.2, 0.25) is 0 Å². The summed E-state index contributed by atoms with van der Waals surface area (Å²) in [5.74, 6) is 2.08. The predicted octanol–water partition coefficient (Wildman–Crippen LogP) is 6.35. The minimum absolute atomic E-state index is 0.0568. The molecule has 0 saturated carbocycles. The molecule has 1 saturated heterocycles. The van der Waals surface area contributed by atoms with E-state index < -0.39 is 0 Å². The van der Waals surface area contributed by atoms with Crippen LogP contribution in [0.5, 0.6) is 5.75 Å². The monoisotopic (exact) mass is 517 g/mol. The summed E-state index contributed by atoms with van der Waals surface area (Å²) in [5.41, 5.74) is 4.32. The van der Waals surface area contributed by atoms with Crippen molar-refractivity contribution in [2.24, 2.45) is 0 Å². The smallest absolute Gasteiger partial charge is 0.227 e. The lowest BCUT2D eigenvalue weighted by Crippen LogP contribution is -2.24. The van der Waals surface area contributed by atoms with Gasteiger partial charge < -0.3 is 14.2 Å². The van der Waals surface area contributed by atoms with Crippen LogP contribution in [-0.4, -0.2) is 28.6 Å². The average Bonchev–Trinajstić information content (AvgIpc) is 3.42. The van der Waals surface area contributed by atoms with Gasteiger partial charge in [-0.25, -0.2) is 4.98 Å². The second-order valence-corrected chi connectivity index (χ2v) is 9.61. The van der Waals surface area contributed by atoms with Crippen LogP contribution in [0.1, 0.15) is 37.1 Å². The number of aromatic nitrogens is 2. The van der Waals surface area contributed by atoms with E-state index in [1.165, 1.54) is 5.56 Å². The summed E-state index contributed by atoms with van der Waals surface area (Å²) in [5, 5.41) is 0. The lowest BCUT2D eigenvalue weighted by atomic mass is 10.1. The number of ether oxygens (including phenoxy) is 1. The molecule has 1 fully saturated rings. The molecule has 1 aliphatic heterocycles. The quantitative estimate of drug-likeness (QED) is 0.256. The van der Waals surface area contributed by atoms with Crippen LogP contribution in [-0.2, 0) is 17.8 Å². The van der Waals surface area contributed by atoms with Crippen molar-refractivity contribution in [2.45, 2.75) is 38.6 Å². The number of para-hydroxylation sites is 2. The van der Waals surface area contributed by atoms with Gasteiger partial charge in [0.15, 0.2) is 0 Å². The summed E-state index contributed by atoms with van der Waals surface area (Å²) < 4.78 is 9.23. The molecule has 34 heavy (non-hydrogen) atoms. The van der Waals surface area contributed by atoms with Crippen LogP contribution >= 0.6 is 15.9 Å². The number of rotatable bonds is 8. The highest BCUT2D eigenvalue weighted by molar-refractivity contribution is 9.10. The van der Waals surface area contributed by atoms with Gasteiger partial charge in [-0.3, -0.25) is 4.79 Å². The van der Waals surface area contributed by atoms with Crippen molar-refractivity contribution in [3.63, 3.8) is 0 Å². The Kier molecular flexibility index (Phi) is 6.68. The lowest BCUT2D eigenvalue weighted by Gasteiger charge is -2.18. The SMILES string of the molecule is CCc1ccc(OCCCn2c(C3CC(=O)N(c4cccc(Br)c4)C3)nc3ccccc32)cc1. The van der Waals surface area contributed by atoms with Gasteiger partial charge in [-0.05, 0) is 60.9 Å². The van der Waals surface area contributed by atoms with Crippen LogP contribution in [0.15, 0.2) is 77.3 Å². The zero-order valence-electron chi connectivity index (χ0n) is 19.3. The molecule has 5 rings (SSSR count). The Balaban J connectivity index is 1.32. The molecule has 2 heterocycles. The fraction of sp³-hybridized carbons (Fsp3) is 0.286. The molecule has 4 aromatic rings. The Bertz CT molecular complexity index is 1300. The molecule has 5 nitrogen and oxygen atoms in total. The lowest BCUT2D eigenvalue weighted by molar-refractivity contribution is -0.117. The van der Waals surface area contributed by atoms with Crippen LogP contribution in [0.4, 0.5) is 5.69 Å². The molecule has 6 heteroatoms. The van der Waals surface area contributed by atoms with E-state index in [1.807, 2.05) is 59.5 Å². The number of hydrogen-bond acceptors (Lipinski definition) is 3. The minimum Gasteiger partial charge on any atom is -0.494 e. The van der Waals surface area contributed by atoms with Crippen molar-refractivity contribution >= 4 is 38.6 Å². The number of aryl methyl sites for hydroxylation is 2.